The summed E-state index contributed by atoms with van der Waals surface area (Å²) in [5.41, 5.74) is 1.17. The van der Waals surface area contributed by atoms with Crippen molar-refractivity contribution in [1.29, 1.82) is 0 Å². The highest BCUT2D eigenvalue weighted by molar-refractivity contribution is 5.94. The second-order valence-electron chi connectivity index (χ2n) is 3.27. The second-order valence-corrected chi connectivity index (χ2v) is 3.27. The number of aliphatic hydroxyl groups excluding tert-OH is 1. The molecule has 1 amide bonds. The normalized spacial score (nSPS) is 9.12. The molecular formula is C13H15NO3. The molecule has 0 unspecified atom stereocenters. The second kappa shape index (κ2) is 6.56. The minimum Gasteiger partial charge on any atom is -0.495 e. The number of hydrogen-bond acceptors (Lipinski definition) is 3. The van der Waals surface area contributed by atoms with Crippen LogP contribution in [0.4, 0.5) is 0 Å². The SMILES string of the molecule is CNC(=O)c1ccc(OC)c(C#CCCO)c1. The van der Waals surface area contributed by atoms with Gasteiger partial charge in [-0.05, 0) is 18.2 Å². The highest BCUT2D eigenvalue weighted by atomic mass is 16.5. The number of carbonyl (C=O) groups is 1. The van der Waals surface area contributed by atoms with Crippen molar-refractivity contribution in [2.75, 3.05) is 20.8 Å². The molecule has 2 N–H and O–H groups in total. The van der Waals surface area contributed by atoms with Crippen LogP contribution in [0.3, 0.4) is 0 Å². The van der Waals surface area contributed by atoms with Crippen molar-refractivity contribution in [3.63, 3.8) is 0 Å². The van der Waals surface area contributed by atoms with Gasteiger partial charge in [-0.2, -0.15) is 0 Å². The third-order valence-corrected chi connectivity index (χ3v) is 2.15. The van der Waals surface area contributed by atoms with Crippen LogP contribution in [0.15, 0.2) is 18.2 Å². The van der Waals surface area contributed by atoms with E-state index < -0.39 is 0 Å². The molecule has 0 aliphatic rings. The van der Waals surface area contributed by atoms with Crippen LogP contribution in [-0.4, -0.2) is 31.8 Å². The van der Waals surface area contributed by atoms with Crippen LogP contribution < -0.4 is 10.1 Å². The summed E-state index contributed by atoms with van der Waals surface area (Å²) in [4.78, 5) is 11.5. The molecule has 0 bridgehead atoms. The fourth-order valence-corrected chi connectivity index (χ4v) is 1.30. The highest BCUT2D eigenvalue weighted by Gasteiger charge is 2.07. The van der Waals surface area contributed by atoms with E-state index in [1.165, 1.54) is 0 Å². The predicted octanol–water partition coefficient (Wildman–Crippen LogP) is 0.789. The summed E-state index contributed by atoms with van der Waals surface area (Å²) >= 11 is 0. The largest absolute Gasteiger partial charge is 0.495 e. The Kier molecular flexibility index (Phi) is 5.05. The van der Waals surface area contributed by atoms with Gasteiger partial charge in [0.1, 0.15) is 5.75 Å². The molecule has 0 aliphatic heterocycles. The third-order valence-electron chi connectivity index (χ3n) is 2.15. The summed E-state index contributed by atoms with van der Waals surface area (Å²) < 4.78 is 5.15. The van der Waals surface area contributed by atoms with Crippen molar-refractivity contribution >= 4 is 5.91 Å². The van der Waals surface area contributed by atoms with E-state index in [0.29, 0.717) is 23.3 Å². The van der Waals surface area contributed by atoms with Gasteiger partial charge in [0, 0.05) is 19.0 Å². The average molecular weight is 233 g/mol. The number of nitrogens with one attached hydrogen (secondary N) is 1. The van der Waals surface area contributed by atoms with Crippen LogP contribution in [0.25, 0.3) is 0 Å². The third kappa shape index (κ3) is 3.51. The molecule has 0 spiro atoms. The van der Waals surface area contributed by atoms with E-state index in [1.54, 1.807) is 32.4 Å². The summed E-state index contributed by atoms with van der Waals surface area (Å²) in [5.74, 6) is 6.11. The van der Waals surface area contributed by atoms with Crippen molar-refractivity contribution in [3.8, 4) is 17.6 Å². The fraction of sp³-hybridized carbons (Fsp3) is 0.308. The summed E-state index contributed by atoms with van der Waals surface area (Å²) in [6.07, 6.45) is 0.396. The van der Waals surface area contributed by atoms with E-state index in [2.05, 4.69) is 17.2 Å². The van der Waals surface area contributed by atoms with Crippen molar-refractivity contribution < 1.29 is 14.6 Å². The van der Waals surface area contributed by atoms with Crippen LogP contribution in [0.2, 0.25) is 0 Å². The quantitative estimate of drug-likeness (QED) is 0.759. The maximum atomic E-state index is 11.5. The van der Waals surface area contributed by atoms with E-state index >= 15 is 0 Å². The highest BCUT2D eigenvalue weighted by Crippen LogP contribution is 2.18. The molecule has 1 rings (SSSR count). The lowest BCUT2D eigenvalue weighted by atomic mass is 10.1. The summed E-state index contributed by atoms with van der Waals surface area (Å²) in [7, 11) is 3.12. The predicted molar refractivity (Wildman–Crippen MR) is 65.0 cm³/mol. The number of carbonyl (C=O) groups excluding carboxylic acids is 1. The number of hydrogen-bond donors (Lipinski definition) is 2. The fourth-order valence-electron chi connectivity index (χ4n) is 1.30. The first-order valence-corrected chi connectivity index (χ1v) is 5.22. The molecule has 0 radical (unpaired) electrons. The van der Waals surface area contributed by atoms with E-state index in [1.807, 2.05) is 0 Å². The first kappa shape index (κ1) is 13.1. The summed E-state index contributed by atoms with van der Waals surface area (Å²) in [6.45, 7) is 0.0183. The van der Waals surface area contributed by atoms with Crippen molar-refractivity contribution in [1.82, 2.24) is 5.32 Å². The van der Waals surface area contributed by atoms with Gasteiger partial charge in [-0.1, -0.05) is 11.8 Å². The van der Waals surface area contributed by atoms with Gasteiger partial charge >= 0.3 is 0 Å². The Morgan fingerprint density at radius 3 is 2.88 bits per heavy atom. The molecule has 1 aromatic rings. The van der Waals surface area contributed by atoms with Gasteiger partial charge in [0.15, 0.2) is 0 Å². The average Bonchev–Trinajstić information content (AvgIpc) is 2.38. The lowest BCUT2D eigenvalue weighted by molar-refractivity contribution is 0.0963. The Morgan fingerprint density at radius 2 is 2.29 bits per heavy atom. The maximum Gasteiger partial charge on any atom is 0.251 e. The first-order chi connectivity index (χ1) is 8.22. The molecule has 0 aromatic heterocycles. The molecule has 4 heteroatoms. The van der Waals surface area contributed by atoms with Gasteiger partial charge < -0.3 is 15.2 Å². The lowest BCUT2D eigenvalue weighted by Crippen LogP contribution is -2.17. The zero-order chi connectivity index (χ0) is 12.7. The van der Waals surface area contributed by atoms with E-state index in [4.69, 9.17) is 9.84 Å². The Labute approximate surface area is 101 Å². The van der Waals surface area contributed by atoms with E-state index in [0.717, 1.165) is 0 Å². The standard InChI is InChI=1S/C13H15NO3/c1-14-13(16)11-6-7-12(17-2)10(9-11)5-3-4-8-15/h6-7,9,15H,4,8H2,1-2H3,(H,14,16). The van der Waals surface area contributed by atoms with Gasteiger partial charge in [0.25, 0.3) is 5.91 Å². The molecule has 0 heterocycles. The molecule has 4 nitrogen and oxygen atoms in total. The van der Waals surface area contributed by atoms with Crippen molar-refractivity contribution in [3.05, 3.63) is 29.3 Å². The molecule has 1 aromatic carbocycles. The minimum atomic E-state index is -0.169. The number of ether oxygens (including phenoxy) is 1. The molecule has 0 saturated heterocycles. The first-order valence-electron chi connectivity index (χ1n) is 5.22. The summed E-state index contributed by atoms with van der Waals surface area (Å²) in [6, 6.07) is 5.05. The zero-order valence-corrected chi connectivity index (χ0v) is 9.91. The van der Waals surface area contributed by atoms with Crippen molar-refractivity contribution in [2.45, 2.75) is 6.42 Å². The Morgan fingerprint density at radius 1 is 1.53 bits per heavy atom. The van der Waals surface area contributed by atoms with Crippen LogP contribution in [0, 0.1) is 11.8 Å². The zero-order valence-electron chi connectivity index (χ0n) is 9.91. The molecule has 90 valence electrons. The Balaban J connectivity index is 3.07. The lowest BCUT2D eigenvalue weighted by Gasteiger charge is -2.05. The van der Waals surface area contributed by atoms with Gasteiger partial charge in [0.2, 0.25) is 0 Å². The maximum absolute atomic E-state index is 11.5. The van der Waals surface area contributed by atoms with Gasteiger partial charge in [-0.3, -0.25) is 4.79 Å². The number of benzene rings is 1. The van der Waals surface area contributed by atoms with Crippen LogP contribution >= 0.6 is 0 Å². The molecular weight excluding hydrogens is 218 g/mol. The molecule has 0 fully saturated rings. The molecule has 0 aliphatic carbocycles. The van der Waals surface area contributed by atoms with Crippen molar-refractivity contribution in [2.24, 2.45) is 0 Å². The smallest absolute Gasteiger partial charge is 0.251 e. The topological polar surface area (TPSA) is 58.6 Å². The number of rotatable bonds is 3. The van der Waals surface area contributed by atoms with Crippen LogP contribution in [0.5, 0.6) is 5.75 Å². The molecule has 0 atom stereocenters. The van der Waals surface area contributed by atoms with Gasteiger partial charge in [0.05, 0.1) is 19.3 Å². The van der Waals surface area contributed by atoms with E-state index in [9.17, 15) is 4.79 Å². The van der Waals surface area contributed by atoms with E-state index in [-0.39, 0.29) is 12.5 Å². The van der Waals surface area contributed by atoms with Gasteiger partial charge in [-0.25, -0.2) is 0 Å². The minimum absolute atomic E-state index is 0.0183. The van der Waals surface area contributed by atoms with Crippen LogP contribution in [0.1, 0.15) is 22.3 Å². The monoisotopic (exact) mass is 233 g/mol. The summed E-state index contributed by atoms with van der Waals surface area (Å²) in [5, 5.41) is 11.2. The van der Waals surface area contributed by atoms with Gasteiger partial charge in [-0.15, -0.1) is 0 Å². The Bertz CT molecular complexity index is 457. The molecule has 17 heavy (non-hydrogen) atoms. The number of methoxy groups -OCH3 is 1. The van der Waals surface area contributed by atoms with Crippen LogP contribution in [-0.2, 0) is 0 Å². The molecule has 0 saturated carbocycles. The number of aliphatic hydroxyl groups is 1. The number of amides is 1. The Hall–Kier alpha value is -1.99.